The number of halogens is 1. The molecule has 0 aliphatic heterocycles. The molecule has 0 aliphatic carbocycles. The highest BCUT2D eigenvalue weighted by atomic mass is 19.1. The standard InChI is InChI=1S/C29H24FN7O2/c1-3-5-25(38)32-19-11-17(14-31-15-19)22-8-9-24-27(33-22)28(37-36-24)29-34-23-7-4-6-21(26(23)35-29)16-10-18(30)13-20(12-16)39-2/h4,6-15H,3,5H2,1-2H3,(H,32,38)(H,34,35)(H,36,37). The van der Waals surface area contributed by atoms with Crippen LogP contribution in [0.25, 0.3) is 56.0 Å². The zero-order valence-electron chi connectivity index (χ0n) is 21.2. The minimum atomic E-state index is -0.393. The summed E-state index contributed by atoms with van der Waals surface area (Å²) in [6, 6.07) is 15.8. The number of ether oxygens (including phenoxy) is 1. The van der Waals surface area contributed by atoms with E-state index in [4.69, 9.17) is 14.7 Å². The van der Waals surface area contributed by atoms with E-state index >= 15 is 0 Å². The molecule has 0 atom stereocenters. The van der Waals surface area contributed by atoms with E-state index in [0.717, 1.165) is 28.6 Å². The number of aromatic amines is 2. The number of benzene rings is 2. The van der Waals surface area contributed by atoms with Gasteiger partial charge in [-0.1, -0.05) is 19.1 Å². The maximum atomic E-state index is 14.2. The summed E-state index contributed by atoms with van der Waals surface area (Å²) < 4.78 is 19.5. The summed E-state index contributed by atoms with van der Waals surface area (Å²) >= 11 is 0. The van der Waals surface area contributed by atoms with Crippen molar-refractivity contribution in [2.75, 3.05) is 12.4 Å². The Morgan fingerprint density at radius 1 is 1.00 bits per heavy atom. The Balaban J connectivity index is 1.40. The number of amides is 1. The van der Waals surface area contributed by atoms with E-state index in [2.05, 4.69) is 25.5 Å². The summed E-state index contributed by atoms with van der Waals surface area (Å²) in [7, 11) is 1.50. The Morgan fingerprint density at radius 3 is 2.74 bits per heavy atom. The van der Waals surface area contributed by atoms with Gasteiger partial charge in [0.25, 0.3) is 0 Å². The third kappa shape index (κ3) is 4.68. The van der Waals surface area contributed by atoms with Crippen molar-refractivity contribution < 1.29 is 13.9 Å². The molecule has 0 saturated carbocycles. The number of carbonyl (C=O) groups excluding carboxylic acids is 1. The van der Waals surface area contributed by atoms with Gasteiger partial charge in [-0.3, -0.25) is 14.9 Å². The summed E-state index contributed by atoms with van der Waals surface area (Å²) in [5, 5.41) is 10.4. The number of anilines is 1. The SMILES string of the molecule is CCCC(=O)Nc1cncc(-c2ccc3[nH]nc(-c4nc5c(-c6cc(F)cc(OC)c6)cccc5[nH]4)c3n2)c1. The molecule has 194 valence electrons. The average Bonchev–Trinajstić information content (AvgIpc) is 3.56. The quantitative estimate of drug-likeness (QED) is 0.233. The molecule has 4 aromatic heterocycles. The second-order valence-corrected chi connectivity index (χ2v) is 9.09. The molecule has 4 heterocycles. The fourth-order valence-electron chi connectivity index (χ4n) is 4.54. The summed E-state index contributed by atoms with van der Waals surface area (Å²) in [5.74, 6) is 0.500. The number of fused-ring (bicyclic) bond motifs is 2. The minimum Gasteiger partial charge on any atom is -0.497 e. The highest BCUT2D eigenvalue weighted by Gasteiger charge is 2.17. The van der Waals surface area contributed by atoms with Gasteiger partial charge in [-0.05, 0) is 48.4 Å². The normalized spacial score (nSPS) is 11.3. The van der Waals surface area contributed by atoms with Crippen LogP contribution in [0.3, 0.4) is 0 Å². The first kappa shape index (κ1) is 24.2. The van der Waals surface area contributed by atoms with Crippen molar-refractivity contribution >= 4 is 33.7 Å². The van der Waals surface area contributed by atoms with Crippen LogP contribution in [0.2, 0.25) is 0 Å². The molecule has 0 bridgehead atoms. The molecule has 0 aliphatic rings. The van der Waals surface area contributed by atoms with Gasteiger partial charge in [0.1, 0.15) is 17.1 Å². The third-order valence-electron chi connectivity index (χ3n) is 6.36. The maximum absolute atomic E-state index is 14.2. The molecule has 0 fully saturated rings. The first-order valence-corrected chi connectivity index (χ1v) is 12.5. The number of pyridine rings is 2. The molecule has 0 unspecified atom stereocenters. The van der Waals surface area contributed by atoms with Gasteiger partial charge in [-0.25, -0.2) is 14.4 Å². The third-order valence-corrected chi connectivity index (χ3v) is 6.36. The predicted molar refractivity (Wildman–Crippen MR) is 148 cm³/mol. The van der Waals surface area contributed by atoms with E-state index in [0.29, 0.717) is 51.7 Å². The smallest absolute Gasteiger partial charge is 0.224 e. The van der Waals surface area contributed by atoms with Crippen molar-refractivity contribution in [3.63, 3.8) is 0 Å². The molecule has 6 rings (SSSR count). The van der Waals surface area contributed by atoms with Gasteiger partial charge in [-0.15, -0.1) is 0 Å². The number of hydrogen-bond acceptors (Lipinski definition) is 6. The number of aromatic nitrogens is 6. The van der Waals surface area contributed by atoms with Crippen molar-refractivity contribution in [2.24, 2.45) is 0 Å². The van der Waals surface area contributed by atoms with E-state index < -0.39 is 5.82 Å². The second-order valence-electron chi connectivity index (χ2n) is 9.09. The summed E-state index contributed by atoms with van der Waals surface area (Å²) in [5.41, 5.74) is 6.81. The van der Waals surface area contributed by atoms with Crippen LogP contribution in [0.15, 0.2) is 67.0 Å². The average molecular weight is 522 g/mol. The number of imidazole rings is 1. The first-order chi connectivity index (χ1) is 19.0. The largest absolute Gasteiger partial charge is 0.497 e. The molecular weight excluding hydrogens is 497 g/mol. The topological polar surface area (TPSA) is 121 Å². The number of carbonyl (C=O) groups is 1. The van der Waals surface area contributed by atoms with Gasteiger partial charge in [-0.2, -0.15) is 5.10 Å². The van der Waals surface area contributed by atoms with Crippen molar-refractivity contribution in [3.8, 4) is 39.7 Å². The molecule has 9 nitrogen and oxygen atoms in total. The van der Waals surface area contributed by atoms with Gasteiger partial charge >= 0.3 is 0 Å². The van der Waals surface area contributed by atoms with Crippen molar-refractivity contribution in [3.05, 3.63) is 72.8 Å². The molecule has 0 saturated heterocycles. The molecule has 6 aromatic rings. The monoisotopic (exact) mass is 521 g/mol. The van der Waals surface area contributed by atoms with Gasteiger partial charge in [0.05, 0.1) is 41.2 Å². The van der Waals surface area contributed by atoms with Crippen molar-refractivity contribution in [1.29, 1.82) is 0 Å². The zero-order chi connectivity index (χ0) is 26.9. The fraction of sp³-hybridized carbons (Fsp3) is 0.138. The van der Waals surface area contributed by atoms with Crippen molar-refractivity contribution in [2.45, 2.75) is 19.8 Å². The number of methoxy groups -OCH3 is 1. The molecule has 39 heavy (non-hydrogen) atoms. The van der Waals surface area contributed by atoms with Gasteiger partial charge in [0, 0.05) is 29.8 Å². The highest BCUT2D eigenvalue weighted by molar-refractivity contribution is 5.96. The lowest BCUT2D eigenvalue weighted by Gasteiger charge is -2.06. The molecule has 1 amide bonds. The molecule has 0 spiro atoms. The molecular formula is C29H24FN7O2. The van der Waals surface area contributed by atoms with Crippen LogP contribution in [-0.2, 0) is 4.79 Å². The number of nitrogens with one attached hydrogen (secondary N) is 3. The Bertz CT molecular complexity index is 1840. The van der Waals surface area contributed by atoms with Gasteiger partial charge < -0.3 is 15.0 Å². The predicted octanol–water partition coefficient (Wildman–Crippen LogP) is 6.12. The van der Waals surface area contributed by atoms with Crippen LogP contribution in [0.1, 0.15) is 19.8 Å². The van der Waals surface area contributed by atoms with Crippen LogP contribution in [0.4, 0.5) is 10.1 Å². The molecule has 0 radical (unpaired) electrons. The minimum absolute atomic E-state index is 0.0575. The lowest BCUT2D eigenvalue weighted by Crippen LogP contribution is -2.10. The Kier molecular flexibility index (Phi) is 6.20. The second kappa shape index (κ2) is 9.97. The molecule has 2 aromatic carbocycles. The fourth-order valence-corrected chi connectivity index (χ4v) is 4.54. The van der Waals surface area contributed by atoms with Crippen LogP contribution < -0.4 is 10.1 Å². The number of para-hydroxylation sites is 1. The highest BCUT2D eigenvalue weighted by Crippen LogP contribution is 2.33. The van der Waals surface area contributed by atoms with Gasteiger partial charge in [0.15, 0.2) is 11.5 Å². The summed E-state index contributed by atoms with van der Waals surface area (Å²) in [4.78, 5) is 29.3. The van der Waals surface area contributed by atoms with E-state index in [1.807, 2.05) is 43.3 Å². The zero-order valence-corrected chi connectivity index (χ0v) is 21.2. The number of H-pyrrole nitrogens is 2. The van der Waals surface area contributed by atoms with Crippen LogP contribution in [-0.4, -0.2) is 43.2 Å². The van der Waals surface area contributed by atoms with E-state index in [1.54, 1.807) is 18.5 Å². The van der Waals surface area contributed by atoms with E-state index in [-0.39, 0.29) is 5.91 Å². The first-order valence-electron chi connectivity index (χ1n) is 12.5. The maximum Gasteiger partial charge on any atom is 0.224 e. The number of hydrogen-bond donors (Lipinski definition) is 3. The van der Waals surface area contributed by atoms with Gasteiger partial charge in [0.2, 0.25) is 5.91 Å². The Labute approximate surface area is 222 Å². The molecule has 3 N–H and O–H groups in total. The van der Waals surface area contributed by atoms with Crippen LogP contribution >= 0.6 is 0 Å². The number of nitrogens with zero attached hydrogens (tertiary/aromatic N) is 4. The van der Waals surface area contributed by atoms with Crippen LogP contribution in [0.5, 0.6) is 5.75 Å². The lowest BCUT2D eigenvalue weighted by molar-refractivity contribution is -0.116. The van der Waals surface area contributed by atoms with E-state index in [9.17, 15) is 9.18 Å². The van der Waals surface area contributed by atoms with Crippen molar-refractivity contribution in [1.82, 2.24) is 30.1 Å². The Hall–Kier alpha value is -5.12. The number of rotatable bonds is 7. The van der Waals surface area contributed by atoms with E-state index in [1.165, 1.54) is 19.2 Å². The summed E-state index contributed by atoms with van der Waals surface area (Å²) in [6.45, 7) is 1.96. The Morgan fingerprint density at radius 2 is 1.90 bits per heavy atom. The molecule has 10 heteroatoms. The summed E-state index contributed by atoms with van der Waals surface area (Å²) in [6.07, 6.45) is 4.52. The lowest BCUT2D eigenvalue weighted by atomic mass is 10.0. The van der Waals surface area contributed by atoms with Crippen LogP contribution in [0, 0.1) is 5.82 Å².